The first kappa shape index (κ1) is 20.5. The van der Waals surface area contributed by atoms with Gasteiger partial charge >= 0.3 is 7.12 Å². The van der Waals surface area contributed by atoms with E-state index in [-0.39, 0.29) is 0 Å². The summed E-state index contributed by atoms with van der Waals surface area (Å²) in [5.41, 5.74) is 7.86. The van der Waals surface area contributed by atoms with Crippen molar-refractivity contribution in [3.63, 3.8) is 0 Å². The maximum Gasteiger partial charge on any atom is 0.488 e. The minimum Gasteiger partial charge on any atom is -0.423 e. The summed E-state index contributed by atoms with van der Waals surface area (Å²) in [5, 5.41) is 22.2. The van der Waals surface area contributed by atoms with Crippen molar-refractivity contribution < 1.29 is 10.0 Å². The zero-order valence-electron chi connectivity index (χ0n) is 18.5. The second kappa shape index (κ2) is 8.34. The van der Waals surface area contributed by atoms with E-state index in [0.717, 1.165) is 27.9 Å². The second-order valence-electron chi connectivity index (χ2n) is 8.50. The Morgan fingerprint density at radius 2 is 0.971 bits per heavy atom. The van der Waals surface area contributed by atoms with Crippen molar-refractivity contribution in [1.82, 2.24) is 4.57 Å². The average molecular weight is 439 g/mol. The number of nitrogens with zero attached hydrogens (tertiary/aromatic N) is 1. The van der Waals surface area contributed by atoms with Gasteiger partial charge < -0.3 is 14.6 Å². The molecule has 5 aromatic carbocycles. The van der Waals surface area contributed by atoms with Gasteiger partial charge in [-0.3, -0.25) is 0 Å². The van der Waals surface area contributed by atoms with Gasteiger partial charge in [0.1, 0.15) is 0 Å². The molecule has 6 aromatic rings. The fourth-order valence-electron chi connectivity index (χ4n) is 4.77. The van der Waals surface area contributed by atoms with E-state index in [1.807, 2.05) is 42.5 Å². The van der Waals surface area contributed by atoms with Crippen molar-refractivity contribution >= 4 is 34.4 Å². The number of hydrogen-bond acceptors (Lipinski definition) is 2. The molecule has 0 aliphatic carbocycles. The van der Waals surface area contributed by atoms with E-state index < -0.39 is 7.12 Å². The summed E-state index contributed by atoms with van der Waals surface area (Å²) in [4.78, 5) is 0. The first-order chi connectivity index (χ1) is 16.7. The summed E-state index contributed by atoms with van der Waals surface area (Å²) in [5.74, 6) is 0. The molecule has 2 N–H and O–H groups in total. The maximum atomic E-state index is 9.89. The summed E-state index contributed by atoms with van der Waals surface area (Å²) in [7, 11) is -1.53. The molecule has 0 fully saturated rings. The minimum absolute atomic E-state index is 0.475. The van der Waals surface area contributed by atoms with Crippen LogP contribution in [0, 0.1) is 0 Å². The molecule has 0 radical (unpaired) electrons. The number of hydrogen-bond donors (Lipinski definition) is 2. The molecule has 6 rings (SSSR count). The monoisotopic (exact) mass is 439 g/mol. The van der Waals surface area contributed by atoms with Crippen molar-refractivity contribution in [1.29, 1.82) is 0 Å². The van der Waals surface area contributed by atoms with Gasteiger partial charge in [-0.25, -0.2) is 0 Å². The smallest absolute Gasteiger partial charge is 0.423 e. The van der Waals surface area contributed by atoms with Crippen LogP contribution in [0.3, 0.4) is 0 Å². The van der Waals surface area contributed by atoms with E-state index >= 15 is 0 Å². The van der Waals surface area contributed by atoms with Crippen molar-refractivity contribution in [2.24, 2.45) is 0 Å². The molecular formula is C30H22BNO2. The third-order valence-electron chi connectivity index (χ3n) is 6.40. The topological polar surface area (TPSA) is 45.4 Å². The summed E-state index contributed by atoms with van der Waals surface area (Å²) in [6, 6.07) is 41.1. The fourth-order valence-corrected chi connectivity index (χ4v) is 4.77. The van der Waals surface area contributed by atoms with Gasteiger partial charge in [-0.1, -0.05) is 91.0 Å². The highest BCUT2D eigenvalue weighted by Crippen LogP contribution is 2.33. The third kappa shape index (κ3) is 3.50. The highest BCUT2D eigenvalue weighted by molar-refractivity contribution is 6.58. The number of aromatic nitrogens is 1. The Morgan fingerprint density at radius 3 is 1.53 bits per heavy atom. The highest BCUT2D eigenvalue weighted by atomic mass is 16.4. The predicted molar refractivity (Wildman–Crippen MR) is 141 cm³/mol. The molecule has 34 heavy (non-hydrogen) atoms. The van der Waals surface area contributed by atoms with Crippen LogP contribution in [0.5, 0.6) is 0 Å². The van der Waals surface area contributed by atoms with Gasteiger partial charge in [0.15, 0.2) is 0 Å². The molecule has 1 aromatic heterocycles. The molecule has 0 amide bonds. The average Bonchev–Trinajstić information content (AvgIpc) is 3.23. The molecule has 162 valence electrons. The largest absolute Gasteiger partial charge is 0.488 e. The zero-order chi connectivity index (χ0) is 23.1. The molecule has 0 saturated carbocycles. The number of para-hydroxylation sites is 2. The molecule has 4 heteroatoms. The van der Waals surface area contributed by atoms with Crippen molar-refractivity contribution in [2.45, 2.75) is 0 Å². The van der Waals surface area contributed by atoms with Gasteiger partial charge in [0, 0.05) is 16.5 Å². The van der Waals surface area contributed by atoms with Crippen LogP contribution in [-0.2, 0) is 0 Å². The van der Waals surface area contributed by atoms with Crippen LogP contribution in [0.4, 0.5) is 0 Å². The van der Waals surface area contributed by atoms with E-state index in [0.29, 0.717) is 5.46 Å². The van der Waals surface area contributed by atoms with Crippen LogP contribution in [-0.4, -0.2) is 21.7 Å². The van der Waals surface area contributed by atoms with Gasteiger partial charge in [0.2, 0.25) is 0 Å². The number of rotatable bonds is 4. The second-order valence-corrected chi connectivity index (χ2v) is 8.50. The lowest BCUT2D eigenvalue weighted by Crippen LogP contribution is -2.29. The highest BCUT2D eigenvalue weighted by Gasteiger charge is 2.15. The Balaban J connectivity index is 1.47. The van der Waals surface area contributed by atoms with Gasteiger partial charge in [-0.15, -0.1) is 0 Å². The van der Waals surface area contributed by atoms with Gasteiger partial charge in [-0.2, -0.15) is 0 Å². The minimum atomic E-state index is -1.53. The first-order valence-corrected chi connectivity index (χ1v) is 11.3. The van der Waals surface area contributed by atoms with E-state index in [4.69, 9.17) is 0 Å². The number of fused-ring (bicyclic) bond motifs is 3. The molecule has 3 nitrogen and oxygen atoms in total. The zero-order valence-corrected chi connectivity index (χ0v) is 18.5. The van der Waals surface area contributed by atoms with Crippen LogP contribution in [0.2, 0.25) is 0 Å². The maximum absolute atomic E-state index is 9.89. The summed E-state index contributed by atoms with van der Waals surface area (Å²) >= 11 is 0. The lowest BCUT2D eigenvalue weighted by Gasteiger charge is -2.12. The van der Waals surface area contributed by atoms with Crippen LogP contribution in [0.15, 0.2) is 121 Å². The Labute approximate surface area is 198 Å². The van der Waals surface area contributed by atoms with Crippen LogP contribution in [0.25, 0.3) is 49.7 Å². The quantitative estimate of drug-likeness (QED) is 0.341. The summed E-state index contributed by atoms with van der Waals surface area (Å²) in [6.07, 6.45) is 0. The Hall–Kier alpha value is -4.12. The Bertz CT molecular complexity index is 1570. The normalized spacial score (nSPS) is 11.2. The van der Waals surface area contributed by atoms with Crippen molar-refractivity contribution in [3.8, 4) is 27.9 Å². The lowest BCUT2D eigenvalue weighted by atomic mass is 9.77. The standard InChI is InChI=1S/C30H22BNO2/c33-31(34)25-19-23(21-8-2-1-3-9-21)18-24(20-25)22-14-16-26(17-15-22)32-29-12-6-4-10-27(29)28-11-5-7-13-30(28)32/h1-20,33-34H. The molecule has 0 unspecified atom stereocenters. The van der Waals surface area contributed by atoms with Crippen LogP contribution in [0.1, 0.15) is 0 Å². The van der Waals surface area contributed by atoms with Gasteiger partial charge in [0.05, 0.1) is 11.0 Å². The van der Waals surface area contributed by atoms with Gasteiger partial charge in [-0.05, 0) is 58.0 Å². The molecule has 0 saturated heterocycles. The van der Waals surface area contributed by atoms with Crippen LogP contribution >= 0.6 is 0 Å². The molecular weight excluding hydrogens is 417 g/mol. The van der Waals surface area contributed by atoms with Gasteiger partial charge in [0.25, 0.3) is 0 Å². The molecule has 0 bridgehead atoms. The lowest BCUT2D eigenvalue weighted by molar-refractivity contribution is 0.426. The SMILES string of the molecule is OB(O)c1cc(-c2ccccc2)cc(-c2ccc(-n3c4ccccc4c4ccccc43)cc2)c1. The van der Waals surface area contributed by atoms with E-state index in [1.165, 1.54) is 21.8 Å². The van der Waals surface area contributed by atoms with E-state index in [2.05, 4.69) is 83.4 Å². The van der Waals surface area contributed by atoms with E-state index in [1.54, 1.807) is 0 Å². The molecule has 0 aliphatic heterocycles. The Morgan fingerprint density at radius 1 is 0.471 bits per heavy atom. The fraction of sp³-hybridized carbons (Fsp3) is 0. The Kier molecular flexibility index (Phi) is 5.03. The summed E-state index contributed by atoms with van der Waals surface area (Å²) in [6.45, 7) is 0. The van der Waals surface area contributed by atoms with Crippen molar-refractivity contribution in [3.05, 3.63) is 121 Å². The third-order valence-corrected chi connectivity index (χ3v) is 6.40. The molecule has 1 heterocycles. The first-order valence-electron chi connectivity index (χ1n) is 11.3. The molecule has 0 aliphatic rings. The summed E-state index contributed by atoms with van der Waals surface area (Å²) < 4.78 is 2.29. The molecule has 0 atom stereocenters. The van der Waals surface area contributed by atoms with Crippen LogP contribution < -0.4 is 5.46 Å². The molecule has 0 spiro atoms. The predicted octanol–water partition coefficient (Wildman–Crippen LogP) is 5.80. The van der Waals surface area contributed by atoms with Crippen molar-refractivity contribution in [2.75, 3.05) is 0 Å². The van der Waals surface area contributed by atoms with E-state index in [9.17, 15) is 10.0 Å². The number of benzene rings is 5.